The molecule has 3 aliphatic rings. The summed E-state index contributed by atoms with van der Waals surface area (Å²) in [4.78, 5) is 49.8. The summed E-state index contributed by atoms with van der Waals surface area (Å²) in [5, 5.41) is 0. The molecule has 1 fully saturated rings. The number of esters is 1. The topological polar surface area (TPSA) is 144 Å². The second kappa shape index (κ2) is 7.98. The lowest BCUT2D eigenvalue weighted by Crippen LogP contribution is -2.58. The van der Waals surface area contributed by atoms with Crippen LogP contribution in [-0.2, 0) is 4.74 Å². The number of guanidine groups is 2. The average molecular weight is 460 g/mol. The molecule has 0 aromatic heterocycles. The highest BCUT2D eigenvalue weighted by Gasteiger charge is 2.44. The van der Waals surface area contributed by atoms with Crippen molar-refractivity contribution in [2.45, 2.75) is 37.8 Å². The van der Waals surface area contributed by atoms with Crippen LogP contribution >= 0.6 is 0 Å². The zero-order valence-corrected chi connectivity index (χ0v) is 18.7. The number of fused-ring (bicyclic) bond motifs is 1. The van der Waals surface area contributed by atoms with Crippen molar-refractivity contribution >= 4 is 41.1 Å². The van der Waals surface area contributed by atoms with Gasteiger partial charge in [0.2, 0.25) is 11.9 Å². The number of rotatable bonds is 3. The maximum Gasteiger partial charge on any atom is 0.337 e. The van der Waals surface area contributed by atoms with E-state index >= 15 is 0 Å². The van der Waals surface area contributed by atoms with E-state index in [0.29, 0.717) is 22.5 Å². The van der Waals surface area contributed by atoms with Gasteiger partial charge in [-0.2, -0.15) is 4.99 Å². The van der Waals surface area contributed by atoms with Gasteiger partial charge in [0.15, 0.2) is 0 Å². The molecule has 0 atom stereocenters. The van der Waals surface area contributed by atoms with Crippen molar-refractivity contribution in [2.75, 3.05) is 16.9 Å². The van der Waals surface area contributed by atoms with Crippen molar-refractivity contribution in [3.63, 3.8) is 0 Å². The molecule has 10 heteroatoms. The Hall–Kier alpha value is -4.21. The van der Waals surface area contributed by atoms with E-state index in [4.69, 9.17) is 16.2 Å². The standard InChI is InChI=1S/C24H24N6O4/c1-34-21(33)14-5-7-15(8-6-14)29-19(31)17-10-9-16(13-18(17)20(29)32)30-23(26)27-22(25)28-24(30)11-3-2-4-12-24/h5-10,13H,2-4,11-12H2,1H3,(H4,25,26,27,28). The van der Waals surface area contributed by atoms with E-state index in [-0.39, 0.29) is 17.5 Å². The van der Waals surface area contributed by atoms with Gasteiger partial charge < -0.3 is 16.2 Å². The zero-order valence-electron chi connectivity index (χ0n) is 18.7. The Bertz CT molecular complexity index is 1260. The van der Waals surface area contributed by atoms with E-state index in [1.54, 1.807) is 30.3 Å². The highest BCUT2D eigenvalue weighted by molar-refractivity contribution is 6.34. The number of aliphatic imine (C=N–C) groups is 2. The molecule has 1 spiro atoms. The van der Waals surface area contributed by atoms with E-state index in [1.165, 1.54) is 19.2 Å². The summed E-state index contributed by atoms with van der Waals surface area (Å²) in [6.45, 7) is 0. The molecule has 0 saturated heterocycles. The highest BCUT2D eigenvalue weighted by atomic mass is 16.5. The van der Waals surface area contributed by atoms with Gasteiger partial charge in [0.05, 0.1) is 29.5 Å². The summed E-state index contributed by atoms with van der Waals surface area (Å²) < 4.78 is 4.70. The van der Waals surface area contributed by atoms with Crippen molar-refractivity contribution < 1.29 is 19.1 Å². The number of amides is 2. The zero-order chi connectivity index (χ0) is 24.0. The van der Waals surface area contributed by atoms with E-state index in [9.17, 15) is 14.4 Å². The number of methoxy groups -OCH3 is 1. The van der Waals surface area contributed by atoms with Crippen molar-refractivity contribution in [3.8, 4) is 0 Å². The fourth-order valence-electron chi connectivity index (χ4n) is 4.96. The molecule has 2 amide bonds. The third-order valence-electron chi connectivity index (χ3n) is 6.53. The predicted octanol–water partition coefficient (Wildman–Crippen LogP) is 2.38. The first kappa shape index (κ1) is 21.6. The van der Waals surface area contributed by atoms with Gasteiger partial charge in [0.25, 0.3) is 11.8 Å². The predicted molar refractivity (Wildman–Crippen MR) is 127 cm³/mol. The Balaban J connectivity index is 1.51. The van der Waals surface area contributed by atoms with Crippen LogP contribution in [0.4, 0.5) is 11.4 Å². The molecule has 0 bridgehead atoms. The van der Waals surface area contributed by atoms with Crippen molar-refractivity contribution in [2.24, 2.45) is 21.5 Å². The molecule has 2 aromatic carbocycles. The van der Waals surface area contributed by atoms with Gasteiger partial charge in [0.1, 0.15) is 5.66 Å². The smallest absolute Gasteiger partial charge is 0.337 e. The normalized spacial score (nSPS) is 19.1. The lowest BCUT2D eigenvalue weighted by molar-refractivity contribution is 0.0600. The Morgan fingerprint density at radius 2 is 1.59 bits per heavy atom. The van der Waals surface area contributed by atoms with Crippen LogP contribution in [0.1, 0.15) is 63.2 Å². The van der Waals surface area contributed by atoms with Crippen LogP contribution < -0.4 is 21.3 Å². The van der Waals surface area contributed by atoms with Gasteiger partial charge in [-0.05, 0) is 68.1 Å². The molecule has 1 aliphatic carbocycles. The summed E-state index contributed by atoms with van der Waals surface area (Å²) in [5.74, 6) is -1.04. The van der Waals surface area contributed by atoms with Crippen LogP contribution in [-0.4, -0.2) is 42.5 Å². The van der Waals surface area contributed by atoms with Gasteiger partial charge in [-0.15, -0.1) is 0 Å². The Morgan fingerprint density at radius 3 is 2.26 bits per heavy atom. The molecule has 0 radical (unpaired) electrons. The van der Waals surface area contributed by atoms with E-state index in [1.807, 2.05) is 4.90 Å². The third-order valence-corrected chi connectivity index (χ3v) is 6.53. The molecule has 1 saturated carbocycles. The first-order valence-electron chi connectivity index (χ1n) is 11.1. The summed E-state index contributed by atoms with van der Waals surface area (Å²) in [5.41, 5.74) is 13.5. The minimum absolute atomic E-state index is 0.143. The number of ether oxygens (including phenoxy) is 1. The van der Waals surface area contributed by atoms with Crippen molar-refractivity contribution in [1.82, 2.24) is 0 Å². The molecule has 5 rings (SSSR count). The van der Waals surface area contributed by atoms with Crippen LogP contribution in [0, 0.1) is 0 Å². The Labute approximate surface area is 195 Å². The SMILES string of the molecule is COC(=O)c1ccc(N2C(=O)c3ccc(N4C(N)=NC(N)=NC45CCCCC5)cc3C2=O)cc1. The van der Waals surface area contributed by atoms with E-state index < -0.39 is 23.4 Å². The van der Waals surface area contributed by atoms with Gasteiger partial charge in [-0.1, -0.05) is 6.42 Å². The number of carbonyl (C=O) groups excluding carboxylic acids is 3. The van der Waals surface area contributed by atoms with Gasteiger partial charge in [-0.25, -0.2) is 14.7 Å². The molecule has 2 heterocycles. The molecule has 0 unspecified atom stereocenters. The van der Waals surface area contributed by atoms with Gasteiger partial charge in [-0.3, -0.25) is 14.5 Å². The van der Waals surface area contributed by atoms with Gasteiger partial charge in [0, 0.05) is 5.69 Å². The van der Waals surface area contributed by atoms with Crippen LogP contribution in [0.15, 0.2) is 52.4 Å². The second-order valence-electron chi connectivity index (χ2n) is 8.53. The first-order valence-corrected chi connectivity index (χ1v) is 11.1. The van der Waals surface area contributed by atoms with Crippen LogP contribution in [0.2, 0.25) is 0 Å². The number of carbonyl (C=O) groups is 3. The lowest BCUT2D eigenvalue weighted by Gasteiger charge is -2.45. The number of nitrogens with two attached hydrogens (primary N) is 2. The summed E-state index contributed by atoms with van der Waals surface area (Å²) in [7, 11) is 1.29. The number of nitrogens with zero attached hydrogens (tertiary/aromatic N) is 4. The molecule has 174 valence electrons. The molecule has 34 heavy (non-hydrogen) atoms. The quantitative estimate of drug-likeness (QED) is 0.529. The fraction of sp³-hybridized carbons (Fsp3) is 0.292. The Morgan fingerprint density at radius 1 is 0.941 bits per heavy atom. The minimum Gasteiger partial charge on any atom is -0.465 e. The molecule has 2 aromatic rings. The molecule has 4 N–H and O–H groups in total. The van der Waals surface area contributed by atoms with Crippen LogP contribution in [0.25, 0.3) is 0 Å². The number of hydrogen-bond donors (Lipinski definition) is 2. The summed E-state index contributed by atoms with van der Waals surface area (Å²) >= 11 is 0. The maximum atomic E-state index is 13.3. The fourth-order valence-corrected chi connectivity index (χ4v) is 4.96. The van der Waals surface area contributed by atoms with Crippen LogP contribution in [0.3, 0.4) is 0 Å². The largest absolute Gasteiger partial charge is 0.465 e. The molecular weight excluding hydrogens is 436 g/mol. The first-order chi connectivity index (χ1) is 16.3. The van der Waals surface area contributed by atoms with E-state index in [0.717, 1.165) is 37.0 Å². The number of imide groups is 1. The van der Waals surface area contributed by atoms with Crippen LogP contribution in [0.5, 0.6) is 0 Å². The summed E-state index contributed by atoms with van der Waals surface area (Å²) in [6.07, 6.45) is 4.55. The highest BCUT2D eigenvalue weighted by Crippen LogP contribution is 2.41. The number of anilines is 2. The third kappa shape index (κ3) is 3.30. The number of benzene rings is 2. The minimum atomic E-state index is -0.655. The summed E-state index contributed by atoms with van der Waals surface area (Å²) in [6, 6.07) is 11.1. The van der Waals surface area contributed by atoms with Crippen molar-refractivity contribution in [3.05, 3.63) is 59.2 Å². The Kier molecular flexibility index (Phi) is 5.07. The molecule has 2 aliphatic heterocycles. The molecule has 10 nitrogen and oxygen atoms in total. The monoisotopic (exact) mass is 460 g/mol. The maximum absolute atomic E-state index is 13.3. The van der Waals surface area contributed by atoms with Crippen molar-refractivity contribution in [1.29, 1.82) is 0 Å². The lowest BCUT2D eigenvalue weighted by atomic mass is 9.87. The number of hydrogen-bond acceptors (Lipinski definition) is 9. The molecular formula is C24H24N6O4. The van der Waals surface area contributed by atoms with E-state index in [2.05, 4.69) is 9.98 Å². The average Bonchev–Trinajstić information content (AvgIpc) is 3.08. The second-order valence-corrected chi connectivity index (χ2v) is 8.53. The van der Waals surface area contributed by atoms with Gasteiger partial charge >= 0.3 is 5.97 Å².